The monoisotopic (exact) mass is 341 g/mol. The normalized spacial score (nSPS) is 19.0. The average Bonchev–Trinajstić information content (AvgIpc) is 2.84. The Morgan fingerprint density at radius 2 is 1.78 bits per heavy atom. The van der Waals surface area contributed by atoms with Gasteiger partial charge in [-0.2, -0.15) is 5.10 Å². The molecule has 1 aliphatic heterocycles. The molecule has 1 heterocycles. The highest BCUT2D eigenvalue weighted by atomic mass is 32.2. The van der Waals surface area contributed by atoms with Crippen molar-refractivity contribution in [2.75, 3.05) is 0 Å². The quantitative estimate of drug-likeness (QED) is 0.341. The first-order chi connectivity index (χ1) is 11.1. The van der Waals surface area contributed by atoms with Crippen LogP contribution in [0.5, 0.6) is 0 Å². The predicted octanol–water partition coefficient (Wildman–Crippen LogP) is 3.57. The van der Waals surface area contributed by atoms with Crippen LogP contribution in [0.4, 0.5) is 0 Å². The largest absolute Gasteiger partial charge is 0.481 e. The molecule has 130 valence electrons. The second-order valence-electron chi connectivity index (χ2n) is 5.68. The van der Waals surface area contributed by atoms with Crippen LogP contribution < -0.4 is 5.32 Å². The molecule has 6 nitrogen and oxygen atoms in total. The number of hydrogen-bond donors (Lipinski definition) is 2. The van der Waals surface area contributed by atoms with Gasteiger partial charge in [-0.05, 0) is 25.7 Å². The third-order valence-electron chi connectivity index (χ3n) is 3.56. The summed E-state index contributed by atoms with van der Waals surface area (Å²) in [5, 5.41) is 19.6. The van der Waals surface area contributed by atoms with Gasteiger partial charge in [-0.15, -0.1) is 5.10 Å². The molecule has 0 unspecified atom stereocenters. The van der Waals surface area contributed by atoms with Crippen LogP contribution in [0, 0.1) is 0 Å². The maximum Gasteiger partial charge on any atom is 0.305 e. The van der Waals surface area contributed by atoms with Crippen molar-refractivity contribution in [1.29, 1.82) is 0 Å². The Labute approximate surface area is 142 Å². The molecule has 0 radical (unpaired) electrons. The van der Waals surface area contributed by atoms with Gasteiger partial charge in [0.15, 0.2) is 5.17 Å². The van der Waals surface area contributed by atoms with Gasteiger partial charge in [-0.3, -0.25) is 9.59 Å². The smallest absolute Gasteiger partial charge is 0.305 e. The molecule has 0 saturated carbocycles. The van der Waals surface area contributed by atoms with Gasteiger partial charge in [-0.1, -0.05) is 51.3 Å². The van der Waals surface area contributed by atoms with Gasteiger partial charge in [0.2, 0.25) is 5.91 Å². The number of hydrogen-bond acceptors (Lipinski definition) is 5. The number of amidine groups is 1. The van der Waals surface area contributed by atoms with Gasteiger partial charge in [-0.25, -0.2) is 0 Å². The minimum atomic E-state index is -0.984. The zero-order valence-electron chi connectivity index (χ0n) is 14.0. The van der Waals surface area contributed by atoms with Crippen molar-refractivity contribution in [2.24, 2.45) is 10.2 Å². The van der Waals surface area contributed by atoms with E-state index < -0.39 is 11.2 Å². The fourth-order valence-electron chi connectivity index (χ4n) is 2.24. The minimum Gasteiger partial charge on any atom is -0.481 e. The first-order valence-electron chi connectivity index (χ1n) is 8.39. The van der Waals surface area contributed by atoms with E-state index in [1.165, 1.54) is 25.7 Å². The Hall–Kier alpha value is -1.37. The second kappa shape index (κ2) is 11.2. The van der Waals surface area contributed by atoms with Crippen LogP contribution in [0.15, 0.2) is 10.2 Å². The second-order valence-corrected chi connectivity index (χ2v) is 6.87. The van der Waals surface area contributed by atoms with Crippen LogP contribution in [0.1, 0.15) is 71.6 Å². The molecule has 1 atom stereocenters. The molecule has 0 spiro atoms. The summed E-state index contributed by atoms with van der Waals surface area (Å²) in [4.78, 5) is 22.4. The zero-order valence-corrected chi connectivity index (χ0v) is 14.8. The number of nitrogens with one attached hydrogen (secondary N) is 1. The highest BCUT2D eigenvalue weighted by Crippen LogP contribution is 2.22. The molecule has 23 heavy (non-hydrogen) atoms. The summed E-state index contributed by atoms with van der Waals surface area (Å²) in [6, 6.07) is 0. The lowest BCUT2D eigenvalue weighted by molar-refractivity contribution is -0.138. The molecular formula is C16H27N3O3S. The van der Waals surface area contributed by atoms with Crippen LogP contribution in [0.3, 0.4) is 0 Å². The highest BCUT2D eigenvalue weighted by Gasteiger charge is 2.32. The molecule has 1 fully saturated rings. The Morgan fingerprint density at radius 1 is 1.17 bits per heavy atom. The minimum absolute atomic E-state index is 0.195. The lowest BCUT2D eigenvalue weighted by Crippen LogP contribution is -2.26. The van der Waals surface area contributed by atoms with E-state index in [9.17, 15) is 9.59 Å². The molecule has 2 N–H and O–H groups in total. The molecule has 0 aromatic heterocycles. The molecule has 1 saturated heterocycles. The molecule has 1 amide bonds. The third-order valence-corrected chi connectivity index (χ3v) is 4.63. The topological polar surface area (TPSA) is 91.1 Å². The van der Waals surface area contributed by atoms with Gasteiger partial charge >= 0.3 is 5.97 Å². The maximum absolute atomic E-state index is 11.7. The lowest BCUT2D eigenvalue weighted by Gasteiger charge is -2.04. The number of nitrogens with zero attached hydrogens (tertiary/aromatic N) is 2. The molecular weight excluding hydrogens is 314 g/mol. The van der Waals surface area contributed by atoms with E-state index in [4.69, 9.17) is 5.11 Å². The van der Waals surface area contributed by atoms with Crippen molar-refractivity contribution in [3.05, 3.63) is 0 Å². The first kappa shape index (κ1) is 19.7. The number of carbonyl (C=O) groups excluding carboxylic acids is 1. The van der Waals surface area contributed by atoms with Gasteiger partial charge < -0.3 is 10.4 Å². The number of amides is 1. The number of rotatable bonds is 11. The zero-order chi connectivity index (χ0) is 17.1. The molecule has 0 aliphatic carbocycles. The maximum atomic E-state index is 11.7. The average molecular weight is 341 g/mol. The fourth-order valence-corrected chi connectivity index (χ4v) is 3.15. The summed E-state index contributed by atoms with van der Waals surface area (Å²) < 4.78 is 0. The number of carbonyl (C=O) groups is 2. The Balaban J connectivity index is 2.62. The van der Waals surface area contributed by atoms with Crippen LogP contribution in [0.25, 0.3) is 0 Å². The van der Waals surface area contributed by atoms with Crippen molar-refractivity contribution < 1.29 is 14.7 Å². The van der Waals surface area contributed by atoms with Crippen LogP contribution in [-0.4, -0.2) is 33.1 Å². The fraction of sp³-hybridized carbons (Fsp3) is 0.750. The van der Waals surface area contributed by atoms with E-state index in [0.29, 0.717) is 5.17 Å². The highest BCUT2D eigenvalue weighted by molar-refractivity contribution is 8.15. The van der Waals surface area contributed by atoms with Crippen molar-refractivity contribution in [3.8, 4) is 0 Å². The molecule has 7 heteroatoms. The molecule has 1 rings (SSSR count). The molecule has 0 aromatic carbocycles. The number of carboxylic acids is 1. The van der Waals surface area contributed by atoms with Crippen molar-refractivity contribution in [2.45, 2.75) is 76.9 Å². The van der Waals surface area contributed by atoms with Crippen molar-refractivity contribution in [1.82, 2.24) is 5.32 Å². The van der Waals surface area contributed by atoms with Gasteiger partial charge in [0.05, 0.1) is 6.42 Å². The van der Waals surface area contributed by atoms with E-state index >= 15 is 0 Å². The van der Waals surface area contributed by atoms with Gasteiger partial charge in [0.1, 0.15) is 5.25 Å². The molecule has 0 bridgehead atoms. The van der Waals surface area contributed by atoms with Crippen LogP contribution >= 0.6 is 11.8 Å². The number of aliphatic carboxylic acids is 1. The summed E-state index contributed by atoms with van der Waals surface area (Å²) in [5.74, 6) is -1.29. The summed E-state index contributed by atoms with van der Waals surface area (Å²) in [5.41, 5.74) is 1.07. The van der Waals surface area contributed by atoms with Crippen molar-refractivity contribution >= 4 is 34.5 Å². The van der Waals surface area contributed by atoms with E-state index in [2.05, 4.69) is 29.4 Å². The first-order valence-corrected chi connectivity index (χ1v) is 9.27. The summed E-state index contributed by atoms with van der Waals surface area (Å²) in [7, 11) is 0. The Bertz CT molecular complexity index is 451. The third kappa shape index (κ3) is 8.16. The SMILES string of the molecule is CCCCCC(CCCCC)=N/N=C1/NC(=O)[C@@H](CC(=O)O)S1. The number of thioether (sulfide) groups is 1. The van der Waals surface area contributed by atoms with Gasteiger partial charge in [0, 0.05) is 5.71 Å². The molecule has 1 aliphatic rings. The summed E-state index contributed by atoms with van der Waals surface area (Å²) in [6.07, 6.45) is 8.57. The molecule has 0 aromatic rings. The standard InChI is InChI=1S/C16H27N3O3S/c1-3-5-7-9-12(10-8-6-4-2)18-19-16-17-15(22)13(23-16)11-14(20)21/h13H,3-11H2,1-2H3,(H,20,21)(H,17,19,22)/t13-/m1/s1. The van der Waals surface area contributed by atoms with Gasteiger partial charge in [0.25, 0.3) is 0 Å². The summed E-state index contributed by atoms with van der Waals surface area (Å²) >= 11 is 1.15. The Morgan fingerprint density at radius 3 is 2.30 bits per heavy atom. The van der Waals surface area contributed by atoms with E-state index in [1.807, 2.05) is 0 Å². The lowest BCUT2D eigenvalue weighted by atomic mass is 10.1. The van der Waals surface area contributed by atoms with E-state index in [1.54, 1.807) is 0 Å². The van der Waals surface area contributed by atoms with Crippen LogP contribution in [0.2, 0.25) is 0 Å². The Kier molecular flexibility index (Phi) is 9.59. The number of unbranched alkanes of at least 4 members (excludes halogenated alkanes) is 4. The van der Waals surface area contributed by atoms with E-state index in [0.717, 1.165) is 43.2 Å². The summed E-state index contributed by atoms with van der Waals surface area (Å²) in [6.45, 7) is 4.34. The number of carboxylic acid groups (broad SMARTS) is 1. The van der Waals surface area contributed by atoms with E-state index in [-0.39, 0.29) is 12.3 Å². The predicted molar refractivity (Wildman–Crippen MR) is 94.9 cm³/mol. The van der Waals surface area contributed by atoms with Crippen molar-refractivity contribution in [3.63, 3.8) is 0 Å². The van der Waals surface area contributed by atoms with Crippen LogP contribution in [-0.2, 0) is 9.59 Å².